The molecule has 1 radical (unpaired) electrons. The summed E-state index contributed by atoms with van der Waals surface area (Å²) in [6.07, 6.45) is 2.17. The van der Waals surface area contributed by atoms with Crippen molar-refractivity contribution < 1.29 is 4.21 Å². The molecule has 0 aromatic rings. The van der Waals surface area contributed by atoms with Crippen LogP contribution in [0.1, 0.15) is 13.3 Å². The Kier molecular flexibility index (Phi) is 1.52. The zero-order chi connectivity index (χ0) is 5.28. The largest absolute Gasteiger partial charge is 0.272 e. The van der Waals surface area contributed by atoms with Crippen molar-refractivity contribution in [1.29, 1.82) is 0 Å². The second-order valence-electron chi connectivity index (χ2n) is 1.88. The van der Waals surface area contributed by atoms with Crippen molar-refractivity contribution in [2.24, 2.45) is 0 Å². The van der Waals surface area contributed by atoms with Gasteiger partial charge in [-0.1, -0.05) is 13.2 Å². The maximum Gasteiger partial charge on any atom is 0.238 e. The van der Waals surface area contributed by atoms with Gasteiger partial charge in [-0.05, 0) is 17.1 Å². The van der Waals surface area contributed by atoms with Gasteiger partial charge < -0.3 is 0 Å². The SMILES string of the molecule is CC1CC[B]S1=O. The van der Waals surface area contributed by atoms with E-state index < -0.39 is 10.7 Å². The fourth-order valence-electron chi connectivity index (χ4n) is 0.699. The van der Waals surface area contributed by atoms with Crippen LogP contribution in [0.25, 0.3) is 0 Å². The van der Waals surface area contributed by atoms with E-state index in [0.717, 1.165) is 12.7 Å². The van der Waals surface area contributed by atoms with E-state index in [1.165, 1.54) is 0 Å². The highest BCUT2D eigenvalue weighted by molar-refractivity contribution is 8.10. The molecule has 1 heterocycles. The minimum Gasteiger partial charge on any atom is -0.272 e. The Morgan fingerprint density at radius 2 is 2.57 bits per heavy atom. The first-order valence-corrected chi connectivity index (χ1v) is 3.81. The molecule has 1 nitrogen and oxygen atoms in total. The molecule has 0 aliphatic carbocycles. The Morgan fingerprint density at radius 1 is 1.86 bits per heavy atom. The van der Waals surface area contributed by atoms with Gasteiger partial charge >= 0.3 is 0 Å². The molecule has 39 valence electrons. The highest BCUT2D eigenvalue weighted by Crippen LogP contribution is 2.12. The third-order valence-electron chi connectivity index (χ3n) is 1.25. The highest BCUT2D eigenvalue weighted by atomic mass is 32.2. The zero-order valence-electron chi connectivity index (χ0n) is 4.39. The van der Waals surface area contributed by atoms with Crippen LogP contribution >= 0.6 is 0 Å². The first-order valence-electron chi connectivity index (χ1n) is 2.53. The lowest BCUT2D eigenvalue weighted by atomic mass is 10.0. The van der Waals surface area contributed by atoms with Crippen LogP contribution in [0.5, 0.6) is 0 Å². The van der Waals surface area contributed by atoms with Crippen LogP contribution in [0.2, 0.25) is 6.32 Å². The van der Waals surface area contributed by atoms with Crippen LogP contribution in [0.15, 0.2) is 0 Å². The van der Waals surface area contributed by atoms with E-state index in [-0.39, 0.29) is 0 Å². The van der Waals surface area contributed by atoms with Crippen LogP contribution in [0, 0.1) is 0 Å². The van der Waals surface area contributed by atoms with Gasteiger partial charge in [0.15, 0.2) is 0 Å². The Morgan fingerprint density at radius 3 is 2.71 bits per heavy atom. The number of hydrogen-bond acceptors (Lipinski definition) is 1. The smallest absolute Gasteiger partial charge is 0.238 e. The Labute approximate surface area is 47.1 Å². The minimum atomic E-state index is -0.593. The lowest BCUT2D eigenvalue weighted by Crippen LogP contribution is -2.03. The van der Waals surface area contributed by atoms with Gasteiger partial charge in [-0.15, -0.1) is 0 Å². The van der Waals surface area contributed by atoms with E-state index in [0.29, 0.717) is 5.25 Å². The van der Waals surface area contributed by atoms with E-state index in [4.69, 9.17) is 0 Å². The van der Waals surface area contributed by atoms with Crippen molar-refractivity contribution in [3.05, 3.63) is 0 Å². The maximum atomic E-state index is 10.6. The maximum absolute atomic E-state index is 10.6. The molecule has 2 unspecified atom stereocenters. The van der Waals surface area contributed by atoms with Crippen LogP contribution in [-0.4, -0.2) is 16.0 Å². The Balaban J connectivity index is 2.48. The standard InChI is InChI=1S/C4H8BOS/c1-4-2-3-5-7(4)6/h4H,2-3H2,1H3. The minimum absolute atomic E-state index is 0.431. The van der Waals surface area contributed by atoms with Crippen molar-refractivity contribution >= 4 is 17.2 Å². The van der Waals surface area contributed by atoms with Gasteiger partial charge in [-0.2, -0.15) is 0 Å². The topological polar surface area (TPSA) is 17.1 Å². The molecule has 1 fully saturated rings. The predicted molar refractivity (Wildman–Crippen MR) is 32.8 cm³/mol. The van der Waals surface area contributed by atoms with Gasteiger partial charge in [0.1, 0.15) is 0 Å². The average molecular weight is 115 g/mol. The molecular formula is C4H8BOS. The van der Waals surface area contributed by atoms with Crippen LogP contribution < -0.4 is 0 Å². The summed E-state index contributed by atoms with van der Waals surface area (Å²) in [6.45, 7) is 3.92. The van der Waals surface area contributed by atoms with Gasteiger partial charge in [-0.25, -0.2) is 0 Å². The number of hydrogen-bond donors (Lipinski definition) is 0. The zero-order valence-corrected chi connectivity index (χ0v) is 5.20. The van der Waals surface area contributed by atoms with E-state index in [1.54, 1.807) is 0 Å². The van der Waals surface area contributed by atoms with E-state index in [1.807, 2.05) is 13.5 Å². The van der Waals surface area contributed by atoms with E-state index in [2.05, 4.69) is 0 Å². The fraction of sp³-hybridized carbons (Fsp3) is 1.00. The highest BCUT2D eigenvalue weighted by Gasteiger charge is 2.18. The van der Waals surface area contributed by atoms with Crippen molar-refractivity contribution in [3.63, 3.8) is 0 Å². The van der Waals surface area contributed by atoms with Crippen molar-refractivity contribution in [2.75, 3.05) is 0 Å². The predicted octanol–water partition coefficient (Wildman–Crippen LogP) is 0.565. The molecule has 3 heteroatoms. The van der Waals surface area contributed by atoms with Crippen molar-refractivity contribution in [3.8, 4) is 0 Å². The Bertz CT molecular complexity index is 93.7. The lowest BCUT2D eigenvalue weighted by molar-refractivity contribution is 0.683. The summed E-state index contributed by atoms with van der Waals surface area (Å²) in [7, 11) is -0.593. The molecule has 1 aliphatic rings. The van der Waals surface area contributed by atoms with Gasteiger partial charge in [0.2, 0.25) is 6.56 Å². The number of rotatable bonds is 0. The fourth-order valence-corrected chi connectivity index (χ4v) is 1.76. The first-order chi connectivity index (χ1) is 3.30. The van der Waals surface area contributed by atoms with Crippen LogP contribution in [-0.2, 0) is 10.7 Å². The molecule has 0 amide bonds. The second kappa shape index (κ2) is 1.99. The molecule has 2 atom stereocenters. The van der Waals surface area contributed by atoms with E-state index >= 15 is 0 Å². The van der Waals surface area contributed by atoms with Gasteiger partial charge in [0, 0.05) is 5.25 Å². The Hall–Kier alpha value is 0.215. The molecule has 1 aliphatic heterocycles. The summed E-state index contributed by atoms with van der Waals surface area (Å²) in [4.78, 5) is 0. The average Bonchev–Trinajstić information content (AvgIpc) is 1.91. The molecule has 1 rings (SSSR count). The first kappa shape index (κ1) is 5.35. The lowest BCUT2D eigenvalue weighted by Gasteiger charge is -1.93. The summed E-state index contributed by atoms with van der Waals surface area (Å²) in [5.41, 5.74) is 0. The summed E-state index contributed by atoms with van der Waals surface area (Å²) < 4.78 is 10.6. The third kappa shape index (κ3) is 1.06. The molecule has 1 saturated heterocycles. The summed E-state index contributed by atoms with van der Waals surface area (Å²) in [5.74, 6) is 0. The van der Waals surface area contributed by atoms with Crippen LogP contribution in [0.4, 0.5) is 0 Å². The molecule has 0 saturated carbocycles. The monoisotopic (exact) mass is 115 g/mol. The molecule has 0 spiro atoms. The van der Waals surface area contributed by atoms with Crippen molar-refractivity contribution in [2.45, 2.75) is 24.9 Å². The molecule has 0 aromatic heterocycles. The van der Waals surface area contributed by atoms with Gasteiger partial charge in [0.25, 0.3) is 0 Å². The molecule has 0 aromatic carbocycles. The normalized spacial score (nSPS) is 40.7. The van der Waals surface area contributed by atoms with Gasteiger partial charge in [0.05, 0.1) is 0 Å². The van der Waals surface area contributed by atoms with Crippen molar-refractivity contribution in [1.82, 2.24) is 0 Å². The van der Waals surface area contributed by atoms with E-state index in [9.17, 15) is 4.21 Å². The summed E-state index contributed by atoms with van der Waals surface area (Å²) in [5, 5.41) is 0.431. The summed E-state index contributed by atoms with van der Waals surface area (Å²) >= 11 is 0. The molecular weight excluding hydrogens is 107 g/mol. The summed E-state index contributed by atoms with van der Waals surface area (Å²) in [6, 6.07) is 0. The third-order valence-corrected chi connectivity index (χ3v) is 2.84. The second-order valence-corrected chi connectivity index (χ2v) is 3.68. The molecule has 0 bridgehead atoms. The quantitative estimate of drug-likeness (QED) is 0.421. The molecule has 7 heavy (non-hydrogen) atoms. The van der Waals surface area contributed by atoms with Gasteiger partial charge in [-0.3, -0.25) is 4.21 Å². The van der Waals surface area contributed by atoms with Crippen LogP contribution in [0.3, 0.4) is 0 Å². The molecule has 0 N–H and O–H groups in total.